The van der Waals surface area contributed by atoms with Gasteiger partial charge in [-0.3, -0.25) is 14.2 Å². The molecule has 8 nitrogen and oxygen atoms in total. The van der Waals surface area contributed by atoms with E-state index in [9.17, 15) is 9.59 Å². The molecule has 1 amide bonds. The van der Waals surface area contributed by atoms with Crippen molar-refractivity contribution in [3.63, 3.8) is 0 Å². The number of hydrogen-bond donors (Lipinski definition) is 1. The average Bonchev–Trinajstić information content (AvgIpc) is 3.29. The second-order valence-corrected chi connectivity index (χ2v) is 10.1. The highest BCUT2D eigenvalue weighted by atomic mass is 32.1. The van der Waals surface area contributed by atoms with Gasteiger partial charge in [0.2, 0.25) is 0 Å². The van der Waals surface area contributed by atoms with E-state index < -0.39 is 6.04 Å². The monoisotopic (exact) mass is 565 g/mol. The van der Waals surface area contributed by atoms with Gasteiger partial charge in [-0.25, -0.2) is 4.99 Å². The predicted molar refractivity (Wildman–Crippen MR) is 159 cm³/mol. The van der Waals surface area contributed by atoms with E-state index >= 15 is 0 Å². The SMILES string of the molecule is C#CCOc1c(/C=c2\sc3n(c2=O)[C@@H](c2cccc(OC)c2)C(C(=O)Nc2ccccc2)=C(C)N=3)cccc1OC. The zero-order valence-corrected chi connectivity index (χ0v) is 23.5. The average molecular weight is 566 g/mol. The first kappa shape index (κ1) is 27.5. The summed E-state index contributed by atoms with van der Waals surface area (Å²) in [6, 6.07) is 21.1. The molecule has 0 saturated heterocycles. The van der Waals surface area contributed by atoms with Crippen molar-refractivity contribution in [1.82, 2.24) is 4.57 Å². The number of ether oxygens (including phenoxy) is 3. The third-order valence-electron chi connectivity index (χ3n) is 6.52. The highest BCUT2D eigenvalue weighted by molar-refractivity contribution is 7.07. The molecule has 3 aromatic carbocycles. The van der Waals surface area contributed by atoms with Crippen LogP contribution in [0.1, 0.15) is 24.1 Å². The van der Waals surface area contributed by atoms with Crippen LogP contribution in [0.15, 0.2) is 93.9 Å². The molecule has 0 bridgehead atoms. The molecule has 206 valence electrons. The van der Waals surface area contributed by atoms with Crippen molar-refractivity contribution in [2.45, 2.75) is 13.0 Å². The smallest absolute Gasteiger partial charge is 0.271 e. The minimum Gasteiger partial charge on any atom is -0.497 e. The Labute approximate surface area is 240 Å². The van der Waals surface area contributed by atoms with E-state index in [1.807, 2.05) is 48.5 Å². The molecule has 0 aliphatic carbocycles. The number of thiazole rings is 1. The molecule has 1 N–H and O–H groups in total. The molecule has 0 unspecified atom stereocenters. The van der Waals surface area contributed by atoms with Crippen LogP contribution in [0.4, 0.5) is 5.69 Å². The van der Waals surface area contributed by atoms with Gasteiger partial charge in [-0.2, -0.15) is 0 Å². The zero-order valence-electron chi connectivity index (χ0n) is 22.7. The number of benzene rings is 3. The first-order chi connectivity index (χ1) is 19.9. The summed E-state index contributed by atoms with van der Waals surface area (Å²) in [6.07, 6.45) is 7.14. The van der Waals surface area contributed by atoms with Crippen LogP contribution in [0.25, 0.3) is 6.08 Å². The van der Waals surface area contributed by atoms with Crippen LogP contribution in [0, 0.1) is 12.3 Å². The Bertz CT molecular complexity index is 1870. The van der Waals surface area contributed by atoms with Gasteiger partial charge in [0.15, 0.2) is 16.3 Å². The van der Waals surface area contributed by atoms with Crippen molar-refractivity contribution < 1.29 is 19.0 Å². The number of para-hydroxylation sites is 2. The minimum atomic E-state index is -0.741. The number of carbonyl (C=O) groups excluding carboxylic acids is 1. The quantitative estimate of drug-likeness (QED) is 0.327. The maximum absolute atomic E-state index is 14.1. The van der Waals surface area contributed by atoms with Crippen molar-refractivity contribution in [3.05, 3.63) is 115 Å². The van der Waals surface area contributed by atoms with Crippen molar-refractivity contribution in [2.24, 2.45) is 4.99 Å². The van der Waals surface area contributed by atoms with Gasteiger partial charge in [0.1, 0.15) is 12.4 Å². The topological polar surface area (TPSA) is 91.2 Å². The number of hydrogen-bond acceptors (Lipinski definition) is 7. The Morgan fingerprint density at radius 1 is 1.10 bits per heavy atom. The second-order valence-electron chi connectivity index (χ2n) is 9.05. The molecule has 41 heavy (non-hydrogen) atoms. The van der Waals surface area contributed by atoms with Crippen LogP contribution >= 0.6 is 11.3 Å². The van der Waals surface area contributed by atoms with E-state index in [0.29, 0.717) is 54.7 Å². The maximum Gasteiger partial charge on any atom is 0.271 e. The van der Waals surface area contributed by atoms with Gasteiger partial charge in [0, 0.05) is 11.3 Å². The van der Waals surface area contributed by atoms with Crippen LogP contribution in [-0.2, 0) is 4.79 Å². The summed E-state index contributed by atoms with van der Waals surface area (Å²) in [5.41, 5.74) is 2.55. The number of fused-ring (bicyclic) bond motifs is 1. The number of rotatable bonds is 8. The molecule has 1 aliphatic rings. The van der Waals surface area contributed by atoms with Crippen LogP contribution in [0.5, 0.6) is 17.2 Å². The van der Waals surface area contributed by atoms with Crippen molar-refractivity contribution >= 4 is 29.0 Å². The van der Waals surface area contributed by atoms with E-state index in [1.165, 1.54) is 18.4 Å². The van der Waals surface area contributed by atoms with Gasteiger partial charge in [-0.15, -0.1) is 6.42 Å². The maximum atomic E-state index is 14.1. The fraction of sp³-hybridized carbons (Fsp3) is 0.156. The third-order valence-corrected chi connectivity index (χ3v) is 7.51. The van der Waals surface area contributed by atoms with Gasteiger partial charge in [-0.1, -0.05) is 59.7 Å². The molecule has 1 aliphatic heterocycles. The number of carbonyl (C=O) groups is 1. The molecular formula is C32H27N3O5S. The number of amides is 1. The molecule has 2 heterocycles. The molecular weight excluding hydrogens is 538 g/mol. The lowest BCUT2D eigenvalue weighted by Crippen LogP contribution is -2.40. The summed E-state index contributed by atoms with van der Waals surface area (Å²) in [5, 5.41) is 2.95. The summed E-state index contributed by atoms with van der Waals surface area (Å²) in [4.78, 5) is 33.0. The zero-order chi connectivity index (χ0) is 28.9. The van der Waals surface area contributed by atoms with E-state index in [0.717, 1.165) is 0 Å². The molecule has 0 saturated carbocycles. The lowest BCUT2D eigenvalue weighted by atomic mass is 9.95. The van der Waals surface area contributed by atoms with Gasteiger partial charge in [-0.05, 0) is 48.9 Å². The summed E-state index contributed by atoms with van der Waals surface area (Å²) in [6.45, 7) is 1.81. The number of nitrogens with one attached hydrogen (secondary N) is 1. The Morgan fingerprint density at radius 2 is 1.88 bits per heavy atom. The summed E-state index contributed by atoms with van der Waals surface area (Å²) < 4.78 is 18.7. The summed E-state index contributed by atoms with van der Waals surface area (Å²) in [7, 11) is 3.11. The first-order valence-electron chi connectivity index (χ1n) is 12.7. The van der Waals surface area contributed by atoms with E-state index in [-0.39, 0.29) is 18.1 Å². The number of terminal acetylenes is 1. The Kier molecular flexibility index (Phi) is 8.04. The molecule has 4 aromatic rings. The molecule has 1 atom stereocenters. The van der Waals surface area contributed by atoms with Crippen molar-refractivity contribution in [2.75, 3.05) is 26.1 Å². The van der Waals surface area contributed by atoms with Crippen molar-refractivity contribution in [3.8, 4) is 29.6 Å². The molecule has 0 spiro atoms. The number of methoxy groups -OCH3 is 2. The number of aromatic nitrogens is 1. The highest BCUT2D eigenvalue weighted by Gasteiger charge is 2.33. The summed E-state index contributed by atoms with van der Waals surface area (Å²) in [5.74, 6) is 3.64. The molecule has 1 aromatic heterocycles. The normalized spacial score (nSPS) is 14.5. The van der Waals surface area contributed by atoms with Crippen LogP contribution < -0.4 is 34.4 Å². The van der Waals surface area contributed by atoms with Gasteiger partial charge in [0.25, 0.3) is 11.5 Å². The van der Waals surface area contributed by atoms with Crippen molar-refractivity contribution in [1.29, 1.82) is 0 Å². The predicted octanol–water partition coefficient (Wildman–Crippen LogP) is 3.90. The number of allylic oxidation sites excluding steroid dienone is 1. The number of anilines is 1. The van der Waals surface area contributed by atoms with Crippen LogP contribution in [0.3, 0.4) is 0 Å². The van der Waals surface area contributed by atoms with Crippen LogP contribution in [0.2, 0.25) is 0 Å². The van der Waals surface area contributed by atoms with Gasteiger partial charge >= 0.3 is 0 Å². The molecule has 5 rings (SSSR count). The van der Waals surface area contributed by atoms with Gasteiger partial charge in [0.05, 0.1) is 36.1 Å². The summed E-state index contributed by atoms with van der Waals surface area (Å²) >= 11 is 1.23. The first-order valence-corrected chi connectivity index (χ1v) is 13.5. The Morgan fingerprint density at radius 3 is 2.61 bits per heavy atom. The Balaban J connectivity index is 1.69. The van der Waals surface area contributed by atoms with Crippen LogP contribution in [-0.4, -0.2) is 31.3 Å². The lowest BCUT2D eigenvalue weighted by Gasteiger charge is -2.25. The number of nitrogens with zero attached hydrogens (tertiary/aromatic N) is 2. The van der Waals surface area contributed by atoms with Gasteiger partial charge < -0.3 is 19.5 Å². The largest absolute Gasteiger partial charge is 0.497 e. The highest BCUT2D eigenvalue weighted by Crippen LogP contribution is 2.33. The third kappa shape index (κ3) is 5.51. The Hall–Kier alpha value is -5.07. The minimum absolute atomic E-state index is 0.0391. The van der Waals surface area contributed by atoms with E-state index in [4.69, 9.17) is 25.6 Å². The second kappa shape index (κ2) is 12.0. The molecule has 9 heteroatoms. The molecule has 0 radical (unpaired) electrons. The standard InChI is InChI=1S/C32H27N3O5S/c1-5-17-40-29-22(12-10-16-25(29)39-4)19-26-31(37)35-28(21-11-9-15-24(18-21)38-3)27(20(2)33-32(35)41-26)30(36)34-23-13-7-6-8-14-23/h1,6-16,18-19,28H,17H2,2-4H3,(H,34,36)/b26-19-/t28-/m0/s1. The van der Waals surface area contributed by atoms with E-state index in [1.54, 1.807) is 48.9 Å². The molecule has 0 fully saturated rings. The fourth-order valence-corrected chi connectivity index (χ4v) is 5.71. The lowest BCUT2D eigenvalue weighted by molar-refractivity contribution is -0.113. The fourth-order valence-electron chi connectivity index (χ4n) is 4.68. The van der Waals surface area contributed by atoms with E-state index in [2.05, 4.69) is 11.2 Å².